The number of carbonyl (C=O) groups excluding carboxylic acids is 2. The van der Waals surface area contributed by atoms with Gasteiger partial charge in [-0.15, -0.1) is 0 Å². The Labute approximate surface area is 142 Å². The number of rotatable bonds is 5. The van der Waals surface area contributed by atoms with E-state index in [-0.39, 0.29) is 17.5 Å². The Morgan fingerprint density at radius 2 is 1.58 bits per heavy atom. The number of amides is 2. The van der Waals surface area contributed by atoms with E-state index in [0.717, 1.165) is 5.56 Å². The Morgan fingerprint density at radius 1 is 0.958 bits per heavy atom. The van der Waals surface area contributed by atoms with Crippen molar-refractivity contribution in [3.05, 3.63) is 71.4 Å². The summed E-state index contributed by atoms with van der Waals surface area (Å²) in [5.74, 6) is -0.212. The molecule has 0 aliphatic carbocycles. The van der Waals surface area contributed by atoms with Crippen LogP contribution in [0.5, 0.6) is 0 Å². The van der Waals surface area contributed by atoms with Crippen molar-refractivity contribution in [3.8, 4) is 0 Å². The van der Waals surface area contributed by atoms with Gasteiger partial charge >= 0.3 is 0 Å². The average molecular weight is 322 g/mol. The van der Waals surface area contributed by atoms with Crippen molar-refractivity contribution in [1.82, 2.24) is 5.32 Å². The van der Waals surface area contributed by atoms with Crippen LogP contribution in [-0.4, -0.2) is 11.8 Å². The second kappa shape index (κ2) is 8.11. The third-order valence-electron chi connectivity index (χ3n) is 3.50. The van der Waals surface area contributed by atoms with Gasteiger partial charge in [-0.1, -0.05) is 56.3 Å². The molecule has 0 radical (unpaired) electrons. The van der Waals surface area contributed by atoms with Gasteiger partial charge in [-0.3, -0.25) is 9.59 Å². The first-order chi connectivity index (χ1) is 11.5. The van der Waals surface area contributed by atoms with Gasteiger partial charge in [0.1, 0.15) is 5.70 Å². The highest BCUT2D eigenvalue weighted by Crippen LogP contribution is 2.17. The quantitative estimate of drug-likeness (QED) is 0.820. The van der Waals surface area contributed by atoms with Crippen molar-refractivity contribution >= 4 is 23.6 Å². The molecule has 0 aromatic heterocycles. The second-order valence-electron chi connectivity index (χ2n) is 5.88. The van der Waals surface area contributed by atoms with Gasteiger partial charge in [-0.25, -0.2) is 0 Å². The number of anilines is 1. The number of nitrogens with one attached hydrogen (secondary N) is 2. The minimum Gasteiger partial charge on any atom is -0.322 e. The molecule has 2 N–H and O–H groups in total. The molecular formula is C20H22N2O2. The summed E-state index contributed by atoms with van der Waals surface area (Å²) in [4.78, 5) is 23.9. The Kier molecular flexibility index (Phi) is 5.90. The molecule has 2 aromatic carbocycles. The molecule has 0 fully saturated rings. The molecule has 0 saturated heterocycles. The molecule has 0 aliphatic rings. The van der Waals surface area contributed by atoms with Gasteiger partial charge in [-0.05, 0) is 35.3 Å². The normalized spacial score (nSPS) is 11.2. The zero-order valence-electron chi connectivity index (χ0n) is 14.2. The van der Waals surface area contributed by atoms with Crippen LogP contribution in [0.3, 0.4) is 0 Å². The Bertz CT molecular complexity index is 732. The zero-order chi connectivity index (χ0) is 17.5. The molecule has 2 amide bonds. The van der Waals surface area contributed by atoms with Gasteiger partial charge in [0.05, 0.1) is 0 Å². The minimum absolute atomic E-state index is 0.210. The predicted octanol–water partition coefficient (Wildman–Crippen LogP) is 3.93. The topological polar surface area (TPSA) is 58.2 Å². The lowest BCUT2D eigenvalue weighted by Gasteiger charge is -2.11. The van der Waals surface area contributed by atoms with E-state index in [1.54, 1.807) is 6.08 Å². The van der Waals surface area contributed by atoms with Crippen LogP contribution in [0.4, 0.5) is 5.69 Å². The molecule has 4 nitrogen and oxygen atoms in total. The van der Waals surface area contributed by atoms with E-state index in [2.05, 4.69) is 24.5 Å². The van der Waals surface area contributed by atoms with E-state index in [1.165, 1.54) is 12.5 Å². The van der Waals surface area contributed by atoms with Gasteiger partial charge in [0.15, 0.2) is 0 Å². The fourth-order valence-electron chi connectivity index (χ4n) is 2.21. The largest absolute Gasteiger partial charge is 0.322 e. The van der Waals surface area contributed by atoms with Crippen molar-refractivity contribution in [2.24, 2.45) is 0 Å². The van der Waals surface area contributed by atoms with Crippen LogP contribution in [0.1, 0.15) is 37.8 Å². The van der Waals surface area contributed by atoms with Gasteiger partial charge in [0.2, 0.25) is 5.91 Å². The highest BCUT2D eigenvalue weighted by atomic mass is 16.2. The van der Waals surface area contributed by atoms with Crippen molar-refractivity contribution in [3.63, 3.8) is 0 Å². The molecule has 0 heterocycles. The molecular weight excluding hydrogens is 300 g/mol. The number of hydrogen-bond donors (Lipinski definition) is 2. The van der Waals surface area contributed by atoms with Crippen LogP contribution in [0.15, 0.2) is 60.3 Å². The van der Waals surface area contributed by atoms with Gasteiger partial charge < -0.3 is 10.6 Å². The summed E-state index contributed by atoms with van der Waals surface area (Å²) >= 11 is 0. The van der Waals surface area contributed by atoms with E-state index >= 15 is 0 Å². The first-order valence-electron chi connectivity index (χ1n) is 7.91. The van der Waals surface area contributed by atoms with Crippen molar-refractivity contribution < 1.29 is 9.59 Å². The second-order valence-corrected chi connectivity index (χ2v) is 5.88. The molecule has 0 atom stereocenters. The fraction of sp³-hybridized carbons (Fsp3) is 0.200. The molecule has 0 saturated carbocycles. The molecule has 124 valence electrons. The predicted molar refractivity (Wildman–Crippen MR) is 97.4 cm³/mol. The van der Waals surface area contributed by atoms with E-state index in [4.69, 9.17) is 0 Å². The number of hydrogen-bond acceptors (Lipinski definition) is 2. The Hall–Kier alpha value is -2.88. The van der Waals surface area contributed by atoms with Crippen molar-refractivity contribution in [2.45, 2.75) is 26.7 Å². The molecule has 0 bridgehead atoms. The first kappa shape index (κ1) is 17.5. The highest BCUT2D eigenvalue weighted by molar-refractivity contribution is 6.08. The summed E-state index contributed by atoms with van der Waals surface area (Å²) in [6.45, 7) is 5.61. The van der Waals surface area contributed by atoms with Crippen LogP contribution in [0.25, 0.3) is 6.08 Å². The zero-order valence-corrected chi connectivity index (χ0v) is 14.2. The number of benzene rings is 2. The summed E-state index contributed by atoms with van der Waals surface area (Å²) in [5, 5.41) is 5.40. The standard InChI is InChI=1S/C20H22N2O2/c1-14(2)17-9-11-18(12-10-17)22-20(24)19(21-15(3)23)13-16-7-5-4-6-8-16/h4-14H,1-3H3,(H,21,23)(H,22,24)/b19-13-. The fourth-order valence-corrected chi connectivity index (χ4v) is 2.21. The maximum Gasteiger partial charge on any atom is 0.272 e. The van der Waals surface area contributed by atoms with E-state index in [1.807, 2.05) is 54.6 Å². The molecule has 0 aliphatic heterocycles. The third-order valence-corrected chi connectivity index (χ3v) is 3.50. The lowest BCUT2D eigenvalue weighted by Crippen LogP contribution is -2.28. The summed E-state index contributed by atoms with van der Waals surface area (Å²) in [7, 11) is 0. The van der Waals surface area contributed by atoms with Crippen LogP contribution in [0.2, 0.25) is 0 Å². The van der Waals surface area contributed by atoms with E-state index in [0.29, 0.717) is 11.6 Å². The van der Waals surface area contributed by atoms with Crippen LogP contribution in [-0.2, 0) is 9.59 Å². The third kappa shape index (κ3) is 5.09. The van der Waals surface area contributed by atoms with Gasteiger partial charge in [0, 0.05) is 12.6 Å². The number of carbonyl (C=O) groups is 2. The van der Waals surface area contributed by atoms with Crippen LogP contribution in [0, 0.1) is 0 Å². The van der Waals surface area contributed by atoms with E-state index in [9.17, 15) is 9.59 Å². The SMILES string of the molecule is CC(=O)N/C(=C\c1ccccc1)C(=O)Nc1ccc(C(C)C)cc1. The lowest BCUT2D eigenvalue weighted by molar-refractivity contribution is -0.120. The molecule has 0 spiro atoms. The van der Waals surface area contributed by atoms with Crippen molar-refractivity contribution in [2.75, 3.05) is 5.32 Å². The van der Waals surface area contributed by atoms with E-state index < -0.39 is 0 Å². The first-order valence-corrected chi connectivity index (χ1v) is 7.91. The van der Waals surface area contributed by atoms with Gasteiger partial charge in [0.25, 0.3) is 5.91 Å². The lowest BCUT2D eigenvalue weighted by atomic mass is 10.0. The summed E-state index contributed by atoms with van der Waals surface area (Å²) in [6, 6.07) is 17.1. The summed E-state index contributed by atoms with van der Waals surface area (Å²) in [5.41, 5.74) is 2.94. The Morgan fingerprint density at radius 3 is 2.12 bits per heavy atom. The highest BCUT2D eigenvalue weighted by Gasteiger charge is 2.12. The molecule has 2 rings (SSSR count). The van der Waals surface area contributed by atoms with Gasteiger partial charge in [-0.2, -0.15) is 0 Å². The smallest absolute Gasteiger partial charge is 0.272 e. The van der Waals surface area contributed by atoms with Crippen molar-refractivity contribution in [1.29, 1.82) is 0 Å². The molecule has 24 heavy (non-hydrogen) atoms. The molecule has 2 aromatic rings. The maximum atomic E-state index is 12.5. The monoisotopic (exact) mass is 322 g/mol. The maximum absolute atomic E-state index is 12.5. The summed E-state index contributed by atoms with van der Waals surface area (Å²) < 4.78 is 0. The van der Waals surface area contributed by atoms with Crippen LogP contribution >= 0.6 is 0 Å². The average Bonchev–Trinajstić information content (AvgIpc) is 2.55. The Balaban J connectivity index is 2.18. The summed E-state index contributed by atoms with van der Waals surface area (Å²) in [6.07, 6.45) is 1.65. The molecule has 4 heteroatoms. The molecule has 0 unspecified atom stereocenters. The van der Waals surface area contributed by atoms with Crippen LogP contribution < -0.4 is 10.6 Å². The minimum atomic E-state index is -0.355.